The number of hydrogen-bond donors (Lipinski definition) is 2. The second-order valence-electron chi connectivity index (χ2n) is 4.23. The van der Waals surface area contributed by atoms with Crippen molar-refractivity contribution in [3.8, 4) is 5.75 Å². The van der Waals surface area contributed by atoms with Gasteiger partial charge in [0.25, 0.3) is 0 Å². The lowest BCUT2D eigenvalue weighted by Crippen LogP contribution is -2.38. The zero-order chi connectivity index (χ0) is 13.9. The summed E-state index contributed by atoms with van der Waals surface area (Å²) in [6, 6.07) is 5.27. The van der Waals surface area contributed by atoms with Gasteiger partial charge in [-0.25, -0.2) is 8.78 Å². The molecule has 0 amide bonds. The maximum Gasteiger partial charge on any atom is 0.319 e. The van der Waals surface area contributed by atoms with E-state index in [2.05, 4.69) is 10.6 Å². The first kappa shape index (κ1) is 13.9. The molecule has 2 N–H and O–H groups in total. The molecule has 2 rings (SSSR count). The minimum absolute atomic E-state index is 0.0488. The zero-order valence-corrected chi connectivity index (χ0v) is 10.1. The molecule has 0 saturated heterocycles. The molecule has 0 saturated carbocycles. The Morgan fingerprint density at radius 3 is 2.89 bits per heavy atom. The fourth-order valence-electron chi connectivity index (χ4n) is 1.81. The second-order valence-corrected chi connectivity index (χ2v) is 4.23. The van der Waals surface area contributed by atoms with Crippen molar-refractivity contribution < 1.29 is 22.3 Å². The Hall–Kier alpha value is -1.50. The van der Waals surface area contributed by atoms with Crippen molar-refractivity contribution >= 4 is 5.69 Å². The first-order valence-electron chi connectivity index (χ1n) is 5.86. The minimum atomic E-state index is -4.02. The van der Waals surface area contributed by atoms with E-state index in [1.807, 2.05) is 6.07 Å². The van der Waals surface area contributed by atoms with Crippen molar-refractivity contribution in [2.75, 3.05) is 25.0 Å². The molecule has 0 bridgehead atoms. The average Bonchev–Trinajstić information content (AvgIpc) is 2.38. The number of anilines is 1. The van der Waals surface area contributed by atoms with Gasteiger partial charge in [-0.1, -0.05) is 12.1 Å². The van der Waals surface area contributed by atoms with Crippen LogP contribution in [0.15, 0.2) is 18.2 Å². The normalized spacial score (nSPS) is 14.8. The SMILES string of the molecule is FC(F)C(F)(F)CNCc1cccc2c1OCCN2. The van der Waals surface area contributed by atoms with Gasteiger partial charge in [0.15, 0.2) is 0 Å². The van der Waals surface area contributed by atoms with Gasteiger partial charge in [-0.15, -0.1) is 0 Å². The van der Waals surface area contributed by atoms with Crippen LogP contribution in [-0.4, -0.2) is 32.0 Å². The van der Waals surface area contributed by atoms with Crippen LogP contribution in [-0.2, 0) is 6.54 Å². The molecule has 1 aromatic rings. The van der Waals surface area contributed by atoms with Gasteiger partial charge in [-0.05, 0) is 6.07 Å². The van der Waals surface area contributed by atoms with Crippen molar-refractivity contribution in [1.29, 1.82) is 0 Å². The molecule has 7 heteroatoms. The van der Waals surface area contributed by atoms with Gasteiger partial charge in [0.1, 0.15) is 12.4 Å². The zero-order valence-electron chi connectivity index (χ0n) is 10.1. The molecule has 0 spiro atoms. The Balaban J connectivity index is 1.97. The van der Waals surface area contributed by atoms with Gasteiger partial charge < -0.3 is 15.4 Å². The quantitative estimate of drug-likeness (QED) is 0.812. The topological polar surface area (TPSA) is 33.3 Å². The standard InChI is InChI=1S/C12H14F4N2O/c13-11(14)12(15,16)7-17-6-8-2-1-3-9-10(8)19-5-4-18-9/h1-3,11,17-18H,4-7H2. The predicted molar refractivity (Wildman–Crippen MR) is 63.1 cm³/mol. The predicted octanol–water partition coefficient (Wildman–Crippen LogP) is 2.48. The summed E-state index contributed by atoms with van der Waals surface area (Å²) in [5, 5.41) is 5.44. The fourth-order valence-corrected chi connectivity index (χ4v) is 1.81. The number of para-hydroxylation sites is 1. The van der Waals surface area contributed by atoms with Gasteiger partial charge in [0.05, 0.1) is 12.2 Å². The molecule has 19 heavy (non-hydrogen) atoms. The molecule has 0 radical (unpaired) electrons. The van der Waals surface area contributed by atoms with Crippen molar-refractivity contribution in [3.63, 3.8) is 0 Å². The highest BCUT2D eigenvalue weighted by Crippen LogP contribution is 2.31. The summed E-state index contributed by atoms with van der Waals surface area (Å²) in [5.74, 6) is -3.44. The smallest absolute Gasteiger partial charge is 0.319 e. The maximum absolute atomic E-state index is 12.7. The third-order valence-electron chi connectivity index (χ3n) is 2.76. The highest BCUT2D eigenvalue weighted by Gasteiger charge is 2.40. The maximum atomic E-state index is 12.7. The number of fused-ring (bicyclic) bond motifs is 1. The summed E-state index contributed by atoms with van der Waals surface area (Å²) in [4.78, 5) is 0. The molecule has 106 valence electrons. The molecule has 1 heterocycles. The van der Waals surface area contributed by atoms with Crippen LogP contribution >= 0.6 is 0 Å². The molecular weight excluding hydrogens is 264 g/mol. The lowest BCUT2D eigenvalue weighted by atomic mass is 10.1. The van der Waals surface area contributed by atoms with Crippen LogP contribution in [0.3, 0.4) is 0 Å². The molecular formula is C12H14F4N2O. The van der Waals surface area contributed by atoms with E-state index in [-0.39, 0.29) is 6.54 Å². The van der Waals surface area contributed by atoms with Crippen molar-refractivity contribution in [1.82, 2.24) is 5.32 Å². The van der Waals surface area contributed by atoms with E-state index < -0.39 is 18.9 Å². The summed E-state index contributed by atoms with van der Waals surface area (Å²) in [6.45, 7) is 0.138. The monoisotopic (exact) mass is 278 g/mol. The van der Waals surface area contributed by atoms with Gasteiger partial charge in [-0.2, -0.15) is 8.78 Å². The molecule has 1 aliphatic rings. The highest BCUT2D eigenvalue weighted by atomic mass is 19.3. The molecule has 0 aliphatic carbocycles. The Kier molecular flexibility index (Phi) is 4.14. The van der Waals surface area contributed by atoms with Crippen LogP contribution in [0.25, 0.3) is 0 Å². The summed E-state index contributed by atoms with van der Waals surface area (Å²) < 4.78 is 54.9. The van der Waals surface area contributed by atoms with Gasteiger partial charge >= 0.3 is 12.3 Å². The molecule has 0 fully saturated rings. The lowest BCUT2D eigenvalue weighted by Gasteiger charge is -2.22. The molecule has 1 aromatic carbocycles. The average molecular weight is 278 g/mol. The van der Waals surface area contributed by atoms with Crippen LogP contribution in [0.4, 0.5) is 23.2 Å². The molecule has 1 aliphatic heterocycles. The first-order chi connectivity index (χ1) is 9.00. The van der Waals surface area contributed by atoms with Crippen molar-refractivity contribution in [3.05, 3.63) is 23.8 Å². The molecule has 0 unspecified atom stereocenters. The molecule has 0 atom stereocenters. The third kappa shape index (κ3) is 3.28. The first-order valence-corrected chi connectivity index (χ1v) is 5.86. The van der Waals surface area contributed by atoms with Crippen molar-refractivity contribution in [2.45, 2.75) is 18.9 Å². The summed E-state index contributed by atoms with van der Waals surface area (Å²) >= 11 is 0. The van der Waals surface area contributed by atoms with Crippen LogP contribution < -0.4 is 15.4 Å². The number of rotatable bonds is 5. The van der Waals surface area contributed by atoms with E-state index >= 15 is 0 Å². The van der Waals surface area contributed by atoms with E-state index in [1.165, 1.54) is 0 Å². The van der Waals surface area contributed by atoms with Gasteiger partial charge in [0.2, 0.25) is 0 Å². The number of nitrogens with one attached hydrogen (secondary N) is 2. The van der Waals surface area contributed by atoms with Gasteiger partial charge in [0, 0.05) is 18.7 Å². The highest BCUT2D eigenvalue weighted by molar-refractivity contribution is 5.61. The van der Waals surface area contributed by atoms with Crippen LogP contribution in [0.5, 0.6) is 5.75 Å². The lowest BCUT2D eigenvalue weighted by molar-refractivity contribution is -0.125. The Morgan fingerprint density at radius 2 is 2.16 bits per heavy atom. The number of halogens is 4. The molecule has 3 nitrogen and oxygen atoms in total. The number of alkyl halides is 4. The Morgan fingerprint density at radius 1 is 1.37 bits per heavy atom. The van der Waals surface area contributed by atoms with E-state index in [4.69, 9.17) is 4.74 Å². The number of hydrogen-bond acceptors (Lipinski definition) is 3. The van der Waals surface area contributed by atoms with Crippen molar-refractivity contribution in [2.24, 2.45) is 0 Å². The van der Waals surface area contributed by atoms with Crippen LogP contribution in [0, 0.1) is 0 Å². The third-order valence-corrected chi connectivity index (χ3v) is 2.76. The van der Waals surface area contributed by atoms with Crippen LogP contribution in [0.2, 0.25) is 0 Å². The summed E-state index contributed by atoms with van der Waals surface area (Å²) in [5.41, 5.74) is 1.45. The van der Waals surface area contributed by atoms with E-state index in [1.54, 1.807) is 12.1 Å². The summed E-state index contributed by atoms with van der Waals surface area (Å²) in [7, 11) is 0. The summed E-state index contributed by atoms with van der Waals surface area (Å²) in [6.07, 6.45) is -3.66. The Bertz CT molecular complexity index is 440. The molecule has 0 aromatic heterocycles. The van der Waals surface area contributed by atoms with E-state index in [0.29, 0.717) is 24.5 Å². The van der Waals surface area contributed by atoms with Crippen LogP contribution in [0.1, 0.15) is 5.56 Å². The number of benzene rings is 1. The van der Waals surface area contributed by atoms with E-state index in [9.17, 15) is 17.6 Å². The number of ether oxygens (including phenoxy) is 1. The fraction of sp³-hybridized carbons (Fsp3) is 0.500. The Labute approximate surface area is 107 Å². The minimum Gasteiger partial charge on any atom is -0.489 e. The second kappa shape index (κ2) is 5.64. The van der Waals surface area contributed by atoms with Gasteiger partial charge in [-0.3, -0.25) is 0 Å². The van der Waals surface area contributed by atoms with E-state index in [0.717, 1.165) is 5.69 Å². The largest absolute Gasteiger partial charge is 0.489 e.